The van der Waals surface area contributed by atoms with Crippen LogP contribution in [-0.2, 0) is 14.8 Å². The molecule has 1 unspecified atom stereocenters. The highest BCUT2D eigenvalue weighted by molar-refractivity contribution is 7.89. The molecule has 2 aromatic rings. The molecule has 1 aliphatic heterocycles. The van der Waals surface area contributed by atoms with Crippen molar-refractivity contribution in [3.05, 3.63) is 41.7 Å². The number of aromatic nitrogens is 3. The fraction of sp³-hybridized carbons (Fsp3) is 0.333. The van der Waals surface area contributed by atoms with Crippen LogP contribution in [0.25, 0.3) is 0 Å². The van der Waals surface area contributed by atoms with E-state index >= 15 is 0 Å². The van der Waals surface area contributed by atoms with Gasteiger partial charge < -0.3 is 4.74 Å². The summed E-state index contributed by atoms with van der Waals surface area (Å²) in [7, 11) is -4.35. The van der Waals surface area contributed by atoms with Crippen molar-refractivity contribution in [1.82, 2.24) is 19.5 Å². The van der Waals surface area contributed by atoms with Crippen molar-refractivity contribution in [2.75, 3.05) is 19.7 Å². The average molecular weight is 348 g/mol. The first-order valence-corrected chi connectivity index (χ1v) is 7.96. The quantitative estimate of drug-likeness (QED) is 0.836. The lowest BCUT2D eigenvalue weighted by Gasteiger charge is -2.31. The minimum absolute atomic E-state index is 0.0376. The monoisotopic (exact) mass is 348 g/mol. The van der Waals surface area contributed by atoms with E-state index in [0.29, 0.717) is 18.0 Å². The van der Waals surface area contributed by atoms with Crippen LogP contribution in [0.1, 0.15) is 11.9 Å². The van der Waals surface area contributed by atoms with Crippen molar-refractivity contribution < 1.29 is 26.3 Å². The zero-order valence-electron chi connectivity index (χ0n) is 11.5. The summed E-state index contributed by atoms with van der Waals surface area (Å²) in [4.78, 5) is 2.95. The molecule has 1 aromatic carbocycles. The fourth-order valence-corrected chi connectivity index (χ4v) is 3.71. The highest BCUT2D eigenvalue weighted by atomic mass is 32.2. The molecule has 2 heterocycles. The number of rotatable bonds is 3. The van der Waals surface area contributed by atoms with E-state index in [1.54, 1.807) is 0 Å². The molecule has 0 amide bonds. The van der Waals surface area contributed by atoms with Crippen molar-refractivity contribution in [1.29, 1.82) is 0 Å². The molecular formula is C12H11F3N4O3S. The molecule has 124 valence electrons. The molecule has 1 saturated heterocycles. The molecule has 3 rings (SSSR count). The van der Waals surface area contributed by atoms with E-state index in [1.165, 1.54) is 6.33 Å². The van der Waals surface area contributed by atoms with Gasteiger partial charge in [-0.1, -0.05) is 0 Å². The largest absolute Gasteiger partial charge is 0.367 e. The average Bonchev–Trinajstić information content (AvgIpc) is 3.07. The third kappa shape index (κ3) is 2.82. The van der Waals surface area contributed by atoms with Gasteiger partial charge >= 0.3 is 0 Å². The zero-order chi connectivity index (χ0) is 16.6. The lowest BCUT2D eigenvalue weighted by Crippen LogP contribution is -2.42. The summed E-state index contributed by atoms with van der Waals surface area (Å²) < 4.78 is 71.4. The molecule has 11 heteroatoms. The number of halogens is 3. The highest BCUT2D eigenvalue weighted by Gasteiger charge is 2.35. The maximum Gasteiger partial charge on any atom is 0.246 e. The summed E-state index contributed by atoms with van der Waals surface area (Å²) >= 11 is 0. The Bertz CT molecular complexity index is 813. The number of sulfonamides is 1. The number of H-pyrrole nitrogens is 1. The Labute approximate surface area is 129 Å². The summed E-state index contributed by atoms with van der Waals surface area (Å²) in [5.41, 5.74) is 0. The number of nitrogens with one attached hydrogen (secondary N) is 1. The Hall–Kier alpha value is -1.98. The van der Waals surface area contributed by atoms with Crippen LogP contribution in [0, 0.1) is 17.5 Å². The third-order valence-corrected chi connectivity index (χ3v) is 5.27. The van der Waals surface area contributed by atoms with E-state index in [4.69, 9.17) is 4.74 Å². The van der Waals surface area contributed by atoms with Crippen molar-refractivity contribution in [3.8, 4) is 0 Å². The van der Waals surface area contributed by atoms with Crippen LogP contribution in [0.5, 0.6) is 0 Å². The van der Waals surface area contributed by atoms with Gasteiger partial charge in [-0.3, -0.25) is 5.10 Å². The SMILES string of the molecule is O=S(=O)(c1ccc(F)c(F)c1F)N1CCOC(c2ncn[nH]2)C1. The first kappa shape index (κ1) is 15.9. The normalized spacial score (nSPS) is 19.9. The predicted octanol–water partition coefficient (Wildman–Crippen LogP) is 0.984. The Morgan fingerprint density at radius 2 is 2.04 bits per heavy atom. The first-order chi connectivity index (χ1) is 10.9. The minimum atomic E-state index is -4.35. The summed E-state index contributed by atoms with van der Waals surface area (Å²) in [5.74, 6) is -4.71. The van der Waals surface area contributed by atoms with Gasteiger partial charge in [0.1, 0.15) is 17.3 Å². The van der Waals surface area contributed by atoms with Crippen molar-refractivity contribution in [3.63, 3.8) is 0 Å². The molecule has 1 aliphatic rings. The second kappa shape index (κ2) is 5.91. The summed E-state index contributed by atoms with van der Waals surface area (Å²) in [6.07, 6.45) is 0.524. The Kier molecular flexibility index (Phi) is 4.08. The summed E-state index contributed by atoms with van der Waals surface area (Å²) in [6, 6.07) is 1.27. The topological polar surface area (TPSA) is 88.2 Å². The standard InChI is InChI=1S/C12H11F3N4O3S/c13-7-1-2-9(11(15)10(7)14)23(20,21)19-3-4-22-8(5-19)12-16-6-17-18-12/h1-2,6,8H,3-5H2,(H,16,17,18). The fourth-order valence-electron chi connectivity index (χ4n) is 2.23. The molecule has 1 aromatic heterocycles. The smallest absolute Gasteiger partial charge is 0.246 e. The summed E-state index contributed by atoms with van der Waals surface area (Å²) in [5, 5.41) is 6.20. The van der Waals surface area contributed by atoms with Gasteiger partial charge in [-0.25, -0.2) is 26.6 Å². The molecule has 1 atom stereocenters. The lowest BCUT2D eigenvalue weighted by atomic mass is 10.3. The van der Waals surface area contributed by atoms with E-state index < -0.39 is 38.5 Å². The summed E-state index contributed by atoms with van der Waals surface area (Å²) in [6.45, 7) is -0.169. The van der Waals surface area contributed by atoms with Gasteiger partial charge in [0.25, 0.3) is 0 Å². The maximum absolute atomic E-state index is 13.8. The van der Waals surface area contributed by atoms with Crippen LogP contribution in [0.2, 0.25) is 0 Å². The van der Waals surface area contributed by atoms with E-state index in [1.807, 2.05) is 0 Å². The zero-order valence-corrected chi connectivity index (χ0v) is 12.4. The molecule has 0 aliphatic carbocycles. The van der Waals surface area contributed by atoms with Crippen molar-refractivity contribution >= 4 is 10.0 Å². The third-order valence-electron chi connectivity index (χ3n) is 3.39. The first-order valence-electron chi connectivity index (χ1n) is 6.52. The van der Waals surface area contributed by atoms with Crippen LogP contribution < -0.4 is 0 Å². The van der Waals surface area contributed by atoms with Gasteiger partial charge in [-0.2, -0.15) is 9.40 Å². The number of hydrogen-bond donors (Lipinski definition) is 1. The van der Waals surface area contributed by atoms with Gasteiger partial charge in [0.05, 0.1) is 6.61 Å². The Morgan fingerprint density at radius 3 is 2.74 bits per heavy atom. The molecule has 7 nitrogen and oxygen atoms in total. The Morgan fingerprint density at radius 1 is 1.26 bits per heavy atom. The van der Waals surface area contributed by atoms with Crippen molar-refractivity contribution in [2.24, 2.45) is 0 Å². The van der Waals surface area contributed by atoms with Crippen LogP contribution in [0.4, 0.5) is 13.2 Å². The van der Waals surface area contributed by atoms with E-state index in [0.717, 1.165) is 4.31 Å². The maximum atomic E-state index is 13.8. The predicted molar refractivity (Wildman–Crippen MR) is 70.2 cm³/mol. The number of benzene rings is 1. The molecule has 0 radical (unpaired) electrons. The van der Waals surface area contributed by atoms with Gasteiger partial charge in [0.2, 0.25) is 10.0 Å². The Balaban J connectivity index is 1.92. The van der Waals surface area contributed by atoms with E-state index in [-0.39, 0.29) is 19.7 Å². The number of ether oxygens (including phenoxy) is 1. The van der Waals surface area contributed by atoms with E-state index in [9.17, 15) is 21.6 Å². The second-order valence-corrected chi connectivity index (χ2v) is 6.67. The molecular weight excluding hydrogens is 337 g/mol. The van der Waals surface area contributed by atoms with Crippen molar-refractivity contribution in [2.45, 2.75) is 11.0 Å². The van der Waals surface area contributed by atoms with Gasteiger partial charge in [0, 0.05) is 13.1 Å². The molecule has 1 fully saturated rings. The van der Waals surface area contributed by atoms with E-state index in [2.05, 4.69) is 15.2 Å². The van der Waals surface area contributed by atoms with Crippen LogP contribution in [0.15, 0.2) is 23.4 Å². The highest BCUT2D eigenvalue weighted by Crippen LogP contribution is 2.27. The van der Waals surface area contributed by atoms with Crippen LogP contribution in [0.3, 0.4) is 0 Å². The molecule has 23 heavy (non-hydrogen) atoms. The van der Waals surface area contributed by atoms with Crippen LogP contribution >= 0.6 is 0 Å². The van der Waals surface area contributed by atoms with Gasteiger partial charge in [-0.05, 0) is 12.1 Å². The number of morpholine rings is 1. The van der Waals surface area contributed by atoms with Crippen LogP contribution in [-0.4, -0.2) is 47.6 Å². The number of hydrogen-bond acceptors (Lipinski definition) is 5. The molecule has 1 N–H and O–H groups in total. The number of aromatic amines is 1. The molecule has 0 spiro atoms. The molecule has 0 saturated carbocycles. The van der Waals surface area contributed by atoms with Gasteiger partial charge in [0.15, 0.2) is 23.3 Å². The lowest BCUT2D eigenvalue weighted by molar-refractivity contribution is -0.00739. The second-order valence-electron chi connectivity index (χ2n) is 4.77. The minimum Gasteiger partial charge on any atom is -0.367 e. The molecule has 0 bridgehead atoms. The van der Waals surface area contributed by atoms with Gasteiger partial charge in [-0.15, -0.1) is 0 Å². The number of nitrogens with zero attached hydrogens (tertiary/aromatic N) is 3.